The van der Waals surface area contributed by atoms with Gasteiger partial charge in [-0.15, -0.1) is 0 Å². The Hall–Kier alpha value is -2.62. The SMILES string of the molecule is O=C(Nc1ccc([C@@H]2C[C@H]2C(=O)O)cc1)C1CCCc2ccccc21. The van der Waals surface area contributed by atoms with Crippen molar-refractivity contribution in [2.75, 3.05) is 5.32 Å². The van der Waals surface area contributed by atoms with Crippen molar-refractivity contribution in [2.24, 2.45) is 5.92 Å². The van der Waals surface area contributed by atoms with Gasteiger partial charge in [0.1, 0.15) is 0 Å². The molecule has 0 spiro atoms. The van der Waals surface area contributed by atoms with Crippen molar-refractivity contribution >= 4 is 17.6 Å². The average Bonchev–Trinajstić information content (AvgIpc) is 3.43. The van der Waals surface area contributed by atoms with Crippen molar-refractivity contribution in [1.29, 1.82) is 0 Å². The third-order valence-corrected chi connectivity index (χ3v) is 5.40. The smallest absolute Gasteiger partial charge is 0.307 e. The van der Waals surface area contributed by atoms with E-state index in [0.29, 0.717) is 6.42 Å². The summed E-state index contributed by atoms with van der Waals surface area (Å²) < 4.78 is 0. The molecule has 2 N–H and O–H groups in total. The van der Waals surface area contributed by atoms with Crippen molar-refractivity contribution in [1.82, 2.24) is 0 Å². The van der Waals surface area contributed by atoms with Crippen molar-refractivity contribution in [3.05, 3.63) is 65.2 Å². The lowest BCUT2D eigenvalue weighted by molar-refractivity contribution is -0.138. The van der Waals surface area contributed by atoms with E-state index in [1.54, 1.807) is 0 Å². The summed E-state index contributed by atoms with van der Waals surface area (Å²) in [6.45, 7) is 0. The molecule has 3 atom stereocenters. The van der Waals surface area contributed by atoms with Crippen LogP contribution in [0.5, 0.6) is 0 Å². The first-order chi connectivity index (χ1) is 12.1. The van der Waals surface area contributed by atoms with Gasteiger partial charge in [-0.2, -0.15) is 0 Å². The maximum Gasteiger partial charge on any atom is 0.307 e. The molecule has 0 saturated heterocycles. The molecule has 1 fully saturated rings. The van der Waals surface area contributed by atoms with E-state index in [1.165, 1.54) is 5.56 Å². The molecule has 2 aromatic rings. The number of anilines is 1. The Kier molecular flexibility index (Phi) is 4.04. The van der Waals surface area contributed by atoms with Gasteiger partial charge in [-0.25, -0.2) is 0 Å². The van der Waals surface area contributed by atoms with Gasteiger partial charge in [0.15, 0.2) is 0 Å². The van der Waals surface area contributed by atoms with Crippen LogP contribution in [0.4, 0.5) is 5.69 Å². The summed E-state index contributed by atoms with van der Waals surface area (Å²) in [4.78, 5) is 23.7. The van der Waals surface area contributed by atoms with Crippen LogP contribution < -0.4 is 5.32 Å². The van der Waals surface area contributed by atoms with Crippen LogP contribution in [-0.4, -0.2) is 17.0 Å². The summed E-state index contributed by atoms with van der Waals surface area (Å²) in [6, 6.07) is 15.8. The number of amides is 1. The fraction of sp³-hybridized carbons (Fsp3) is 0.333. The zero-order valence-corrected chi connectivity index (χ0v) is 13.9. The van der Waals surface area contributed by atoms with Crippen LogP contribution in [0.1, 0.15) is 47.8 Å². The molecule has 128 valence electrons. The second-order valence-corrected chi connectivity index (χ2v) is 7.04. The van der Waals surface area contributed by atoms with Crippen LogP contribution in [0.3, 0.4) is 0 Å². The molecule has 4 heteroatoms. The maximum absolute atomic E-state index is 12.7. The fourth-order valence-electron chi connectivity index (χ4n) is 3.91. The van der Waals surface area contributed by atoms with E-state index in [-0.39, 0.29) is 23.7 Å². The first-order valence-corrected chi connectivity index (χ1v) is 8.85. The third kappa shape index (κ3) is 3.16. The van der Waals surface area contributed by atoms with Crippen LogP contribution in [0.25, 0.3) is 0 Å². The molecule has 25 heavy (non-hydrogen) atoms. The normalized spacial score (nSPS) is 24.2. The molecule has 2 aliphatic rings. The molecule has 0 heterocycles. The number of hydrogen-bond acceptors (Lipinski definition) is 2. The minimum atomic E-state index is -0.724. The van der Waals surface area contributed by atoms with E-state index in [9.17, 15) is 9.59 Å². The van der Waals surface area contributed by atoms with E-state index in [0.717, 1.165) is 36.1 Å². The Morgan fingerprint density at radius 1 is 1.04 bits per heavy atom. The molecule has 1 unspecified atom stereocenters. The summed E-state index contributed by atoms with van der Waals surface area (Å²) >= 11 is 0. The van der Waals surface area contributed by atoms with Gasteiger partial charge in [-0.05, 0) is 60.4 Å². The maximum atomic E-state index is 12.7. The molecule has 0 aromatic heterocycles. The lowest BCUT2D eigenvalue weighted by Gasteiger charge is -2.24. The molecule has 0 bridgehead atoms. The van der Waals surface area contributed by atoms with Gasteiger partial charge in [-0.1, -0.05) is 36.4 Å². The molecule has 1 saturated carbocycles. The minimum absolute atomic E-state index is 0.0368. The van der Waals surface area contributed by atoms with Gasteiger partial charge >= 0.3 is 5.97 Å². The number of aliphatic carboxylic acids is 1. The number of benzene rings is 2. The highest BCUT2D eigenvalue weighted by Gasteiger charge is 2.44. The monoisotopic (exact) mass is 335 g/mol. The van der Waals surface area contributed by atoms with Gasteiger partial charge in [0.25, 0.3) is 0 Å². The zero-order chi connectivity index (χ0) is 17.4. The first-order valence-electron chi connectivity index (χ1n) is 8.85. The first kappa shape index (κ1) is 15.9. The fourth-order valence-corrected chi connectivity index (χ4v) is 3.91. The van der Waals surface area contributed by atoms with Crippen molar-refractivity contribution in [3.8, 4) is 0 Å². The van der Waals surface area contributed by atoms with Gasteiger partial charge < -0.3 is 10.4 Å². The quantitative estimate of drug-likeness (QED) is 0.889. The Labute approximate surface area is 146 Å². The Morgan fingerprint density at radius 2 is 1.80 bits per heavy atom. The largest absolute Gasteiger partial charge is 0.481 e. The highest BCUT2D eigenvalue weighted by Crippen LogP contribution is 2.47. The number of fused-ring (bicyclic) bond motifs is 1. The molecular weight excluding hydrogens is 314 g/mol. The van der Waals surface area contributed by atoms with Gasteiger partial charge in [-0.3, -0.25) is 9.59 Å². The van der Waals surface area contributed by atoms with Crippen LogP contribution in [0.2, 0.25) is 0 Å². The van der Waals surface area contributed by atoms with Crippen LogP contribution >= 0.6 is 0 Å². The van der Waals surface area contributed by atoms with E-state index < -0.39 is 5.97 Å². The number of nitrogens with one attached hydrogen (secondary N) is 1. The Bertz CT molecular complexity index is 812. The van der Waals surface area contributed by atoms with E-state index in [4.69, 9.17) is 5.11 Å². The van der Waals surface area contributed by atoms with Gasteiger partial charge in [0, 0.05) is 5.69 Å². The van der Waals surface area contributed by atoms with Crippen LogP contribution in [0.15, 0.2) is 48.5 Å². The van der Waals surface area contributed by atoms with Crippen LogP contribution in [-0.2, 0) is 16.0 Å². The summed E-state index contributed by atoms with van der Waals surface area (Å²) in [6.07, 6.45) is 3.66. The molecule has 4 nitrogen and oxygen atoms in total. The second-order valence-electron chi connectivity index (χ2n) is 7.04. The third-order valence-electron chi connectivity index (χ3n) is 5.40. The lowest BCUT2D eigenvalue weighted by atomic mass is 9.82. The summed E-state index contributed by atoms with van der Waals surface area (Å²) in [5.74, 6) is -0.913. The molecule has 1 amide bonds. The number of carboxylic acid groups (broad SMARTS) is 1. The number of hydrogen-bond donors (Lipinski definition) is 2. The Morgan fingerprint density at radius 3 is 2.52 bits per heavy atom. The highest BCUT2D eigenvalue weighted by molar-refractivity contribution is 5.96. The highest BCUT2D eigenvalue weighted by atomic mass is 16.4. The molecule has 0 radical (unpaired) electrons. The van der Waals surface area contributed by atoms with Crippen molar-refractivity contribution < 1.29 is 14.7 Å². The molecule has 2 aromatic carbocycles. The minimum Gasteiger partial charge on any atom is -0.481 e. The van der Waals surface area contributed by atoms with E-state index in [1.807, 2.05) is 36.4 Å². The molecular formula is C21H21NO3. The predicted molar refractivity (Wildman–Crippen MR) is 95.7 cm³/mol. The molecule has 2 aliphatic carbocycles. The standard InChI is InChI=1S/C21H21NO3/c23-20(17-7-3-5-13-4-1-2-6-16(13)17)22-15-10-8-14(9-11-15)18-12-19(18)21(24)25/h1-2,4,6,8-11,17-19H,3,5,7,12H2,(H,22,23)(H,24,25)/t17?,18-,19+/m0/s1. The Balaban J connectivity index is 1.44. The molecule has 4 rings (SSSR count). The molecule has 0 aliphatic heterocycles. The topological polar surface area (TPSA) is 66.4 Å². The number of aryl methyl sites for hydroxylation is 1. The van der Waals surface area contributed by atoms with E-state index >= 15 is 0 Å². The average molecular weight is 335 g/mol. The van der Waals surface area contributed by atoms with Crippen LogP contribution in [0, 0.1) is 5.92 Å². The number of carbonyl (C=O) groups excluding carboxylic acids is 1. The number of carbonyl (C=O) groups is 2. The predicted octanol–water partition coefficient (Wildman–Crippen LogP) is 3.93. The summed E-state index contributed by atoms with van der Waals surface area (Å²) in [7, 11) is 0. The second kappa shape index (κ2) is 6.36. The van der Waals surface area contributed by atoms with Crippen molar-refractivity contribution in [3.63, 3.8) is 0 Å². The van der Waals surface area contributed by atoms with Crippen molar-refractivity contribution in [2.45, 2.75) is 37.5 Å². The van der Waals surface area contributed by atoms with Gasteiger partial charge in [0.05, 0.1) is 11.8 Å². The lowest BCUT2D eigenvalue weighted by Crippen LogP contribution is -2.24. The number of carboxylic acids is 1. The van der Waals surface area contributed by atoms with E-state index in [2.05, 4.69) is 17.4 Å². The summed E-state index contributed by atoms with van der Waals surface area (Å²) in [5, 5.41) is 12.0. The summed E-state index contributed by atoms with van der Waals surface area (Å²) in [5.41, 5.74) is 4.22. The number of rotatable bonds is 4. The van der Waals surface area contributed by atoms with Gasteiger partial charge in [0.2, 0.25) is 5.91 Å². The zero-order valence-electron chi connectivity index (χ0n) is 13.9.